The fraction of sp³-hybridized carbons (Fsp3) is 0.381. The fourth-order valence-electron chi connectivity index (χ4n) is 6.85. The second-order valence-electron chi connectivity index (χ2n) is 14.2. The predicted octanol–water partition coefficient (Wildman–Crippen LogP) is 7.33. The molecular formula is C42H55NO6SSi. The predicted molar refractivity (Wildman–Crippen MR) is 211 cm³/mol. The van der Waals surface area contributed by atoms with Crippen molar-refractivity contribution >= 4 is 28.7 Å². The van der Waals surface area contributed by atoms with Crippen LogP contribution in [0.15, 0.2) is 122 Å². The molecule has 0 saturated carbocycles. The average molecular weight is 730 g/mol. The van der Waals surface area contributed by atoms with Crippen molar-refractivity contribution in [1.29, 1.82) is 0 Å². The summed E-state index contributed by atoms with van der Waals surface area (Å²) in [5.41, 5.74) is 1.67. The Kier molecular flexibility index (Phi) is 14.3. The Hall–Kier alpha value is -3.73. The second kappa shape index (κ2) is 18.2. The summed E-state index contributed by atoms with van der Waals surface area (Å²) < 4.78 is 48.8. The van der Waals surface area contributed by atoms with Gasteiger partial charge in [-0.1, -0.05) is 119 Å². The van der Waals surface area contributed by atoms with Crippen LogP contribution in [-0.2, 0) is 27.5 Å². The van der Waals surface area contributed by atoms with Gasteiger partial charge in [-0.25, -0.2) is 8.42 Å². The van der Waals surface area contributed by atoms with Gasteiger partial charge in [0, 0.05) is 19.7 Å². The van der Waals surface area contributed by atoms with E-state index in [0.29, 0.717) is 30.9 Å². The van der Waals surface area contributed by atoms with E-state index in [0.717, 1.165) is 21.5 Å². The van der Waals surface area contributed by atoms with Gasteiger partial charge in [0.25, 0.3) is 8.32 Å². The average Bonchev–Trinajstić information content (AvgIpc) is 3.13. The molecule has 0 aliphatic carbocycles. The largest absolute Gasteiger partial charge is 0.497 e. The normalized spacial score (nSPS) is 14.1. The lowest BCUT2D eigenvalue weighted by Crippen LogP contribution is -2.66. The van der Waals surface area contributed by atoms with E-state index in [4.69, 9.17) is 13.9 Å². The summed E-state index contributed by atoms with van der Waals surface area (Å²) in [4.78, 5) is 0. The minimum absolute atomic E-state index is 0.0726. The molecule has 7 nitrogen and oxygen atoms in total. The van der Waals surface area contributed by atoms with Gasteiger partial charge in [0.05, 0.1) is 25.6 Å². The van der Waals surface area contributed by atoms with Crippen LogP contribution >= 0.6 is 0 Å². The molecular weight excluding hydrogens is 675 g/mol. The maximum absolute atomic E-state index is 14.8. The van der Waals surface area contributed by atoms with Crippen LogP contribution in [0.1, 0.15) is 58.1 Å². The third-order valence-electron chi connectivity index (χ3n) is 9.64. The lowest BCUT2D eigenvalue weighted by molar-refractivity contribution is 0.122. The zero-order valence-electron chi connectivity index (χ0n) is 31.0. The quantitative estimate of drug-likeness (QED) is 0.0804. The summed E-state index contributed by atoms with van der Waals surface area (Å²) in [6.07, 6.45) is 1.72. The third kappa shape index (κ3) is 9.99. The van der Waals surface area contributed by atoms with E-state index in [-0.39, 0.29) is 30.5 Å². The Morgan fingerprint density at radius 3 is 1.63 bits per heavy atom. The standard InChI is InChI=1S/C42H55NO6SSi/c1-8-15-33(2)41(50(45,46)43(31-34-20-24-37(47-6)25-21-34)32-35-22-26-38(48-7)27-23-35)30-36(44)28-29-49-51(42(3,4)5,39-16-11-9-12-17-39)40-18-13-10-14-19-40/h8-14,16-27,33,36,41,44H,1,15,28-32H2,2-7H3/t33-,36+,41-/m0/s1. The van der Waals surface area contributed by atoms with Gasteiger partial charge in [0.1, 0.15) is 11.5 Å². The second-order valence-corrected chi connectivity index (χ2v) is 20.7. The molecule has 0 spiro atoms. The topological polar surface area (TPSA) is 85.3 Å². The molecule has 4 rings (SSSR count). The lowest BCUT2D eigenvalue weighted by Gasteiger charge is -2.43. The number of aliphatic hydroxyl groups excluding tert-OH is 1. The number of ether oxygens (including phenoxy) is 2. The number of hydrogen-bond donors (Lipinski definition) is 1. The van der Waals surface area contributed by atoms with Crippen LogP contribution in [0.5, 0.6) is 11.5 Å². The van der Waals surface area contributed by atoms with Gasteiger partial charge in [0.2, 0.25) is 10.0 Å². The highest BCUT2D eigenvalue weighted by molar-refractivity contribution is 7.89. The number of allylic oxidation sites excluding steroid dienone is 1. The number of sulfonamides is 1. The van der Waals surface area contributed by atoms with Gasteiger partial charge < -0.3 is 19.0 Å². The Morgan fingerprint density at radius 2 is 1.24 bits per heavy atom. The van der Waals surface area contributed by atoms with Crippen molar-refractivity contribution in [3.63, 3.8) is 0 Å². The Bertz CT molecular complexity index is 1650. The zero-order valence-corrected chi connectivity index (χ0v) is 32.8. The van der Waals surface area contributed by atoms with Crippen LogP contribution in [0, 0.1) is 5.92 Å². The smallest absolute Gasteiger partial charge is 0.261 e. The first kappa shape index (κ1) is 40.0. The minimum Gasteiger partial charge on any atom is -0.497 e. The molecule has 4 aromatic rings. The first-order valence-electron chi connectivity index (χ1n) is 17.6. The summed E-state index contributed by atoms with van der Waals surface area (Å²) >= 11 is 0. The number of methoxy groups -OCH3 is 2. The highest BCUT2D eigenvalue weighted by Gasteiger charge is 2.50. The van der Waals surface area contributed by atoms with Crippen molar-refractivity contribution in [2.75, 3.05) is 20.8 Å². The molecule has 1 N–H and O–H groups in total. The summed E-state index contributed by atoms with van der Waals surface area (Å²) in [5.74, 6) is 1.11. The number of nitrogens with zero attached hydrogens (tertiary/aromatic N) is 1. The molecule has 3 atom stereocenters. The minimum atomic E-state index is -3.94. The molecule has 0 unspecified atom stereocenters. The van der Waals surface area contributed by atoms with E-state index < -0.39 is 29.7 Å². The number of hydrogen-bond acceptors (Lipinski definition) is 6. The summed E-state index contributed by atoms with van der Waals surface area (Å²) in [7, 11) is -3.55. The molecule has 51 heavy (non-hydrogen) atoms. The van der Waals surface area contributed by atoms with Crippen LogP contribution in [0.2, 0.25) is 5.04 Å². The first-order chi connectivity index (χ1) is 24.3. The van der Waals surface area contributed by atoms with Crippen LogP contribution in [0.3, 0.4) is 0 Å². The molecule has 4 aromatic carbocycles. The molecule has 0 bridgehead atoms. The number of rotatable bonds is 19. The van der Waals surface area contributed by atoms with Gasteiger partial charge in [-0.15, -0.1) is 6.58 Å². The van der Waals surface area contributed by atoms with Gasteiger partial charge in [-0.05, 0) is 76.0 Å². The van der Waals surface area contributed by atoms with E-state index in [1.54, 1.807) is 20.3 Å². The molecule has 0 fully saturated rings. The van der Waals surface area contributed by atoms with Gasteiger partial charge in [-0.2, -0.15) is 4.31 Å². The molecule has 0 aromatic heterocycles. The highest BCUT2D eigenvalue weighted by atomic mass is 32.2. The van der Waals surface area contributed by atoms with Crippen molar-refractivity contribution in [2.45, 2.75) is 76.4 Å². The zero-order chi connectivity index (χ0) is 37.1. The Morgan fingerprint density at radius 1 is 0.784 bits per heavy atom. The molecule has 9 heteroatoms. The van der Waals surface area contributed by atoms with Gasteiger partial charge in [0.15, 0.2) is 0 Å². The van der Waals surface area contributed by atoms with Crippen LogP contribution in [-0.4, -0.2) is 58.3 Å². The maximum atomic E-state index is 14.8. The monoisotopic (exact) mass is 729 g/mol. The molecule has 0 aliphatic heterocycles. The lowest BCUT2D eigenvalue weighted by atomic mass is 9.98. The molecule has 0 aliphatic rings. The number of benzene rings is 4. The third-order valence-corrected chi connectivity index (χ3v) is 17.1. The Labute approximate surface area is 307 Å². The Balaban J connectivity index is 1.62. The molecule has 0 heterocycles. The summed E-state index contributed by atoms with van der Waals surface area (Å²) in [6.45, 7) is 13.1. The molecule has 0 amide bonds. The summed E-state index contributed by atoms with van der Waals surface area (Å²) in [5, 5.41) is 12.9. The van der Waals surface area contributed by atoms with E-state index in [1.165, 1.54) is 4.31 Å². The van der Waals surface area contributed by atoms with E-state index in [1.807, 2.05) is 91.9 Å². The fourth-order valence-corrected chi connectivity index (χ4v) is 13.6. The van der Waals surface area contributed by atoms with Crippen molar-refractivity contribution in [1.82, 2.24) is 4.31 Å². The summed E-state index contributed by atoms with van der Waals surface area (Å²) in [6, 6.07) is 35.6. The molecule has 0 radical (unpaired) electrons. The number of aliphatic hydroxyl groups is 1. The van der Waals surface area contributed by atoms with Crippen LogP contribution in [0.4, 0.5) is 0 Å². The van der Waals surface area contributed by atoms with Crippen LogP contribution in [0.25, 0.3) is 0 Å². The van der Waals surface area contributed by atoms with Crippen molar-refractivity contribution in [3.05, 3.63) is 133 Å². The van der Waals surface area contributed by atoms with Crippen molar-refractivity contribution in [2.24, 2.45) is 5.92 Å². The van der Waals surface area contributed by atoms with Gasteiger partial charge >= 0.3 is 0 Å². The van der Waals surface area contributed by atoms with Gasteiger partial charge in [-0.3, -0.25) is 0 Å². The molecule has 0 saturated heterocycles. The van der Waals surface area contributed by atoms with E-state index >= 15 is 0 Å². The van der Waals surface area contributed by atoms with Crippen molar-refractivity contribution < 1.29 is 27.4 Å². The van der Waals surface area contributed by atoms with E-state index in [2.05, 4.69) is 51.6 Å². The highest BCUT2D eigenvalue weighted by Crippen LogP contribution is 2.37. The van der Waals surface area contributed by atoms with Crippen molar-refractivity contribution in [3.8, 4) is 11.5 Å². The maximum Gasteiger partial charge on any atom is 0.261 e. The van der Waals surface area contributed by atoms with E-state index in [9.17, 15) is 13.5 Å². The SMILES string of the molecule is C=CC[C@H](C)[C@H](C[C@H](O)CCO[Si](c1ccccc1)(c1ccccc1)C(C)(C)C)S(=O)(=O)N(Cc1ccc(OC)cc1)Cc1ccc(OC)cc1. The first-order valence-corrected chi connectivity index (χ1v) is 21.1. The van der Waals surface area contributed by atoms with Crippen LogP contribution < -0.4 is 19.8 Å². The molecule has 274 valence electrons.